The first kappa shape index (κ1) is 12.9. The average molecular weight is 259 g/mol. The summed E-state index contributed by atoms with van der Waals surface area (Å²) in [5, 5.41) is 19.9. The molecule has 96 valence electrons. The molecule has 0 amide bonds. The maximum Gasteiger partial charge on any atom is 0.145 e. The van der Waals surface area contributed by atoms with Gasteiger partial charge in [-0.2, -0.15) is 10.5 Å². The average Bonchev–Trinajstić information content (AvgIpc) is 2.37. The van der Waals surface area contributed by atoms with E-state index in [2.05, 4.69) is 5.32 Å². The minimum absolute atomic E-state index is 0.0543. The van der Waals surface area contributed by atoms with E-state index >= 15 is 0 Å². The summed E-state index contributed by atoms with van der Waals surface area (Å²) in [5.41, 5.74) is 0.247. The molecule has 0 unspecified atom stereocenters. The topological polar surface area (TPSA) is 78.1 Å². The molecular weight excluding hydrogens is 249 g/mol. The van der Waals surface area contributed by atoms with E-state index in [0.29, 0.717) is 24.7 Å². The second kappa shape index (κ2) is 5.85. The summed E-state index contributed by atoms with van der Waals surface area (Å²) in [7, 11) is 0. The predicted molar refractivity (Wildman–Crippen MR) is 64.6 cm³/mol. The van der Waals surface area contributed by atoms with E-state index in [1.807, 2.05) is 0 Å². The maximum absolute atomic E-state index is 13.2. The van der Waals surface area contributed by atoms with E-state index in [1.54, 1.807) is 12.1 Å². The van der Waals surface area contributed by atoms with E-state index in [0.717, 1.165) is 0 Å². The SMILES string of the molecule is N#CC(C#N)=CNc1cc(F)ccc1OC1COC1. The Morgan fingerprint density at radius 1 is 1.42 bits per heavy atom. The molecule has 0 radical (unpaired) electrons. The van der Waals surface area contributed by atoms with Crippen molar-refractivity contribution in [3.63, 3.8) is 0 Å². The van der Waals surface area contributed by atoms with Crippen LogP contribution in [0.1, 0.15) is 0 Å². The Morgan fingerprint density at radius 3 is 2.74 bits per heavy atom. The predicted octanol–water partition coefficient (Wildman–Crippen LogP) is 1.95. The standard InChI is InChI=1S/C13H10FN3O2/c14-10-1-2-13(19-11-7-18-8-11)12(3-10)17-6-9(4-15)5-16/h1-3,6,11,17H,7-8H2. The number of nitrogens with zero attached hydrogens (tertiary/aromatic N) is 2. The van der Waals surface area contributed by atoms with Gasteiger partial charge in [0, 0.05) is 12.3 Å². The molecule has 1 fully saturated rings. The smallest absolute Gasteiger partial charge is 0.145 e. The fraction of sp³-hybridized carbons (Fsp3) is 0.231. The number of nitrogens with one attached hydrogen (secondary N) is 1. The molecular formula is C13H10FN3O2. The number of hydrogen-bond donors (Lipinski definition) is 1. The molecule has 0 aliphatic carbocycles. The summed E-state index contributed by atoms with van der Waals surface area (Å²) in [6, 6.07) is 7.40. The maximum atomic E-state index is 13.2. The lowest BCUT2D eigenvalue weighted by Gasteiger charge is -2.27. The fourth-order valence-corrected chi connectivity index (χ4v) is 1.42. The Kier molecular flexibility index (Phi) is 3.97. The van der Waals surface area contributed by atoms with Gasteiger partial charge in [0.1, 0.15) is 35.4 Å². The number of nitriles is 2. The van der Waals surface area contributed by atoms with Crippen LogP contribution >= 0.6 is 0 Å². The highest BCUT2D eigenvalue weighted by Crippen LogP contribution is 2.27. The van der Waals surface area contributed by atoms with Crippen LogP contribution in [0.4, 0.5) is 10.1 Å². The lowest BCUT2D eigenvalue weighted by atomic mass is 10.2. The van der Waals surface area contributed by atoms with Crippen molar-refractivity contribution in [2.45, 2.75) is 6.10 Å². The summed E-state index contributed by atoms with van der Waals surface area (Å²) in [6.07, 6.45) is 1.15. The highest BCUT2D eigenvalue weighted by Gasteiger charge is 2.21. The van der Waals surface area contributed by atoms with Crippen molar-refractivity contribution in [2.75, 3.05) is 18.5 Å². The normalized spacial score (nSPS) is 13.6. The van der Waals surface area contributed by atoms with Gasteiger partial charge in [-0.05, 0) is 12.1 Å². The van der Waals surface area contributed by atoms with Crippen molar-refractivity contribution >= 4 is 5.69 Å². The Morgan fingerprint density at radius 2 is 2.16 bits per heavy atom. The van der Waals surface area contributed by atoms with Gasteiger partial charge >= 0.3 is 0 Å². The molecule has 5 nitrogen and oxygen atoms in total. The van der Waals surface area contributed by atoms with E-state index in [1.165, 1.54) is 24.4 Å². The summed E-state index contributed by atoms with van der Waals surface area (Å²) in [5.74, 6) is 0.00440. The van der Waals surface area contributed by atoms with E-state index in [-0.39, 0.29) is 11.7 Å². The van der Waals surface area contributed by atoms with Crippen molar-refractivity contribution in [1.82, 2.24) is 0 Å². The third kappa shape index (κ3) is 3.21. The van der Waals surface area contributed by atoms with Crippen LogP contribution in [0.3, 0.4) is 0 Å². The van der Waals surface area contributed by atoms with Gasteiger partial charge in [0.05, 0.1) is 18.9 Å². The van der Waals surface area contributed by atoms with Crippen LogP contribution in [0.5, 0.6) is 5.75 Å². The second-order valence-electron chi connectivity index (χ2n) is 3.84. The number of ether oxygens (including phenoxy) is 2. The molecule has 0 saturated carbocycles. The van der Waals surface area contributed by atoms with Crippen LogP contribution in [0, 0.1) is 28.5 Å². The molecule has 2 rings (SSSR count). The molecule has 0 spiro atoms. The van der Waals surface area contributed by atoms with Gasteiger partial charge < -0.3 is 14.8 Å². The monoisotopic (exact) mass is 259 g/mol. The Balaban J connectivity index is 2.17. The third-order valence-electron chi connectivity index (χ3n) is 2.46. The molecule has 1 aliphatic heterocycles. The summed E-state index contributed by atoms with van der Waals surface area (Å²) in [6.45, 7) is 0.989. The molecule has 6 heteroatoms. The number of anilines is 1. The molecule has 1 aromatic carbocycles. The van der Waals surface area contributed by atoms with Gasteiger partial charge in [0.2, 0.25) is 0 Å². The number of benzene rings is 1. The first-order valence-corrected chi connectivity index (χ1v) is 5.54. The lowest BCUT2D eigenvalue weighted by Crippen LogP contribution is -2.38. The number of halogens is 1. The van der Waals surface area contributed by atoms with E-state index < -0.39 is 5.82 Å². The van der Waals surface area contributed by atoms with E-state index in [9.17, 15) is 4.39 Å². The van der Waals surface area contributed by atoms with Crippen LogP contribution in [0.15, 0.2) is 30.0 Å². The van der Waals surface area contributed by atoms with Crippen molar-refractivity contribution in [2.24, 2.45) is 0 Å². The quantitative estimate of drug-likeness (QED) is 0.836. The minimum Gasteiger partial charge on any atom is -0.483 e. The summed E-state index contributed by atoms with van der Waals surface area (Å²) in [4.78, 5) is 0. The van der Waals surface area contributed by atoms with Crippen molar-refractivity contribution in [1.29, 1.82) is 10.5 Å². The number of rotatable bonds is 4. The molecule has 0 bridgehead atoms. The molecule has 0 aromatic heterocycles. The number of allylic oxidation sites excluding steroid dienone is 1. The van der Waals surface area contributed by atoms with Gasteiger partial charge in [-0.3, -0.25) is 0 Å². The minimum atomic E-state index is -0.441. The van der Waals surface area contributed by atoms with Gasteiger partial charge in [0.15, 0.2) is 0 Å². The summed E-state index contributed by atoms with van der Waals surface area (Å²) < 4.78 is 23.8. The third-order valence-corrected chi connectivity index (χ3v) is 2.46. The zero-order valence-electron chi connectivity index (χ0n) is 9.89. The van der Waals surface area contributed by atoms with Gasteiger partial charge in [-0.1, -0.05) is 0 Å². The molecule has 1 aromatic rings. The molecule has 1 aliphatic rings. The van der Waals surface area contributed by atoms with Crippen LogP contribution in [-0.4, -0.2) is 19.3 Å². The van der Waals surface area contributed by atoms with Crippen molar-refractivity contribution in [3.8, 4) is 17.9 Å². The lowest BCUT2D eigenvalue weighted by molar-refractivity contribution is -0.0794. The zero-order chi connectivity index (χ0) is 13.7. The molecule has 1 N–H and O–H groups in total. The molecule has 0 atom stereocenters. The van der Waals surface area contributed by atoms with Crippen LogP contribution < -0.4 is 10.1 Å². The Hall–Kier alpha value is -2.57. The van der Waals surface area contributed by atoms with E-state index in [4.69, 9.17) is 20.0 Å². The first-order valence-electron chi connectivity index (χ1n) is 5.54. The van der Waals surface area contributed by atoms with Gasteiger partial charge in [-0.25, -0.2) is 4.39 Å². The second-order valence-corrected chi connectivity index (χ2v) is 3.84. The van der Waals surface area contributed by atoms with Crippen LogP contribution in [0.25, 0.3) is 0 Å². The summed E-state index contributed by atoms with van der Waals surface area (Å²) >= 11 is 0. The molecule has 19 heavy (non-hydrogen) atoms. The van der Waals surface area contributed by atoms with Crippen LogP contribution in [0.2, 0.25) is 0 Å². The van der Waals surface area contributed by atoms with Crippen molar-refractivity contribution in [3.05, 3.63) is 35.8 Å². The van der Waals surface area contributed by atoms with Crippen molar-refractivity contribution < 1.29 is 13.9 Å². The van der Waals surface area contributed by atoms with Gasteiger partial charge in [0.25, 0.3) is 0 Å². The van der Waals surface area contributed by atoms with Crippen LogP contribution in [-0.2, 0) is 4.74 Å². The first-order chi connectivity index (χ1) is 9.22. The molecule has 1 saturated heterocycles. The number of hydrogen-bond acceptors (Lipinski definition) is 5. The molecule has 1 heterocycles. The highest BCUT2D eigenvalue weighted by molar-refractivity contribution is 5.59. The fourth-order valence-electron chi connectivity index (χ4n) is 1.42. The highest BCUT2D eigenvalue weighted by atomic mass is 19.1. The largest absolute Gasteiger partial charge is 0.483 e. The Labute approximate surface area is 109 Å². The Bertz CT molecular complexity index is 567. The zero-order valence-corrected chi connectivity index (χ0v) is 9.89. The van der Waals surface area contributed by atoms with Gasteiger partial charge in [-0.15, -0.1) is 0 Å².